The van der Waals surface area contributed by atoms with Crippen molar-refractivity contribution in [2.75, 3.05) is 11.9 Å². The van der Waals surface area contributed by atoms with Crippen LogP contribution in [-0.2, 0) is 6.61 Å². The van der Waals surface area contributed by atoms with E-state index in [4.69, 9.17) is 0 Å². The van der Waals surface area contributed by atoms with E-state index in [0.717, 1.165) is 18.5 Å². The molecule has 0 aliphatic heterocycles. The lowest BCUT2D eigenvalue weighted by Gasteiger charge is -2.28. The summed E-state index contributed by atoms with van der Waals surface area (Å²) in [5, 5.41) is 9.22. The van der Waals surface area contributed by atoms with Crippen LogP contribution in [-0.4, -0.2) is 18.2 Å². The van der Waals surface area contributed by atoms with Gasteiger partial charge in [-0.1, -0.05) is 18.9 Å². The number of benzene rings is 1. The van der Waals surface area contributed by atoms with Crippen molar-refractivity contribution in [1.82, 2.24) is 0 Å². The van der Waals surface area contributed by atoms with E-state index in [9.17, 15) is 9.50 Å². The summed E-state index contributed by atoms with van der Waals surface area (Å²) < 4.78 is 13.5. The van der Waals surface area contributed by atoms with E-state index in [0.29, 0.717) is 11.6 Å². The third-order valence-corrected chi connectivity index (χ3v) is 3.50. The molecular formula is C13H18FNO. The maximum Gasteiger partial charge on any atom is 0.130 e. The summed E-state index contributed by atoms with van der Waals surface area (Å²) >= 11 is 0. The Hall–Kier alpha value is -1.09. The molecule has 1 N–H and O–H groups in total. The van der Waals surface area contributed by atoms with Gasteiger partial charge < -0.3 is 10.0 Å². The molecule has 0 radical (unpaired) electrons. The number of halogens is 1. The molecule has 0 bridgehead atoms. The normalized spacial score (nSPS) is 16.7. The predicted octanol–water partition coefficient (Wildman–Crippen LogP) is 2.70. The summed E-state index contributed by atoms with van der Waals surface area (Å²) in [5.41, 5.74) is 1.24. The zero-order valence-electron chi connectivity index (χ0n) is 9.62. The standard InChI is InChI=1S/C13H18FNO/c1-15(10-5-2-3-6-10)13-8-4-7-12(14)11(13)9-16/h4,7-8,10,16H,2-3,5-6,9H2,1H3. The first kappa shape index (κ1) is 11.4. The van der Waals surface area contributed by atoms with Gasteiger partial charge in [-0.05, 0) is 25.0 Å². The van der Waals surface area contributed by atoms with Crippen LogP contribution in [0.1, 0.15) is 31.2 Å². The molecule has 16 heavy (non-hydrogen) atoms. The largest absolute Gasteiger partial charge is 0.391 e. The zero-order chi connectivity index (χ0) is 11.5. The Labute approximate surface area is 95.7 Å². The van der Waals surface area contributed by atoms with Gasteiger partial charge in [0.05, 0.1) is 6.61 Å². The van der Waals surface area contributed by atoms with E-state index < -0.39 is 0 Å². The van der Waals surface area contributed by atoms with Crippen molar-refractivity contribution < 1.29 is 9.50 Å². The first-order chi connectivity index (χ1) is 7.74. The van der Waals surface area contributed by atoms with E-state index in [1.54, 1.807) is 6.07 Å². The van der Waals surface area contributed by atoms with Crippen molar-refractivity contribution in [2.45, 2.75) is 38.3 Å². The van der Waals surface area contributed by atoms with E-state index >= 15 is 0 Å². The number of hydrogen-bond acceptors (Lipinski definition) is 2. The molecule has 1 aliphatic carbocycles. The second-order valence-electron chi connectivity index (χ2n) is 4.44. The Bertz CT molecular complexity index is 361. The molecule has 0 saturated heterocycles. The minimum Gasteiger partial charge on any atom is -0.391 e. The maximum absolute atomic E-state index is 13.5. The maximum atomic E-state index is 13.5. The van der Waals surface area contributed by atoms with Gasteiger partial charge in [0, 0.05) is 24.3 Å². The Morgan fingerprint density at radius 2 is 2.06 bits per heavy atom. The average Bonchev–Trinajstić information content (AvgIpc) is 2.81. The van der Waals surface area contributed by atoms with Crippen LogP contribution < -0.4 is 4.90 Å². The fourth-order valence-corrected chi connectivity index (χ4v) is 2.52. The third-order valence-electron chi connectivity index (χ3n) is 3.50. The second kappa shape index (κ2) is 4.83. The van der Waals surface area contributed by atoms with Crippen molar-refractivity contribution >= 4 is 5.69 Å². The number of anilines is 1. The highest BCUT2D eigenvalue weighted by atomic mass is 19.1. The lowest BCUT2D eigenvalue weighted by atomic mass is 10.1. The first-order valence-electron chi connectivity index (χ1n) is 5.85. The third kappa shape index (κ3) is 2.05. The summed E-state index contributed by atoms with van der Waals surface area (Å²) in [6.07, 6.45) is 4.83. The fourth-order valence-electron chi connectivity index (χ4n) is 2.52. The molecule has 1 aromatic rings. The smallest absolute Gasteiger partial charge is 0.130 e. The zero-order valence-corrected chi connectivity index (χ0v) is 9.62. The van der Waals surface area contributed by atoms with Crippen LogP contribution in [0.2, 0.25) is 0 Å². The van der Waals surface area contributed by atoms with Gasteiger partial charge in [-0.3, -0.25) is 0 Å². The van der Waals surface area contributed by atoms with Crippen LogP contribution in [0.5, 0.6) is 0 Å². The van der Waals surface area contributed by atoms with Crippen molar-refractivity contribution in [2.24, 2.45) is 0 Å². The average molecular weight is 223 g/mol. The predicted molar refractivity (Wildman–Crippen MR) is 63.0 cm³/mol. The number of aliphatic hydroxyl groups excluding tert-OH is 1. The number of hydrogen-bond donors (Lipinski definition) is 1. The van der Waals surface area contributed by atoms with Gasteiger partial charge in [0.2, 0.25) is 0 Å². The summed E-state index contributed by atoms with van der Waals surface area (Å²) in [6.45, 7) is -0.237. The Morgan fingerprint density at radius 3 is 2.69 bits per heavy atom. The molecule has 1 aromatic carbocycles. The minimum absolute atomic E-state index is 0.237. The van der Waals surface area contributed by atoms with E-state index in [-0.39, 0.29) is 12.4 Å². The minimum atomic E-state index is -0.315. The molecule has 0 amide bonds. The molecule has 3 heteroatoms. The lowest BCUT2D eigenvalue weighted by Crippen LogP contribution is -2.29. The monoisotopic (exact) mass is 223 g/mol. The van der Waals surface area contributed by atoms with E-state index in [2.05, 4.69) is 4.90 Å². The van der Waals surface area contributed by atoms with Gasteiger partial charge in [-0.2, -0.15) is 0 Å². The SMILES string of the molecule is CN(c1cccc(F)c1CO)C1CCCC1. The summed E-state index contributed by atoms with van der Waals surface area (Å²) in [7, 11) is 1.99. The van der Waals surface area contributed by atoms with Crippen molar-refractivity contribution in [3.63, 3.8) is 0 Å². The Kier molecular flexibility index (Phi) is 3.44. The highest BCUT2D eigenvalue weighted by Gasteiger charge is 2.22. The van der Waals surface area contributed by atoms with E-state index in [1.807, 2.05) is 13.1 Å². The van der Waals surface area contributed by atoms with Crippen molar-refractivity contribution in [3.8, 4) is 0 Å². The van der Waals surface area contributed by atoms with Crippen molar-refractivity contribution in [1.29, 1.82) is 0 Å². The molecule has 1 aliphatic rings. The van der Waals surface area contributed by atoms with Crippen LogP contribution in [0.3, 0.4) is 0 Å². The topological polar surface area (TPSA) is 23.5 Å². The van der Waals surface area contributed by atoms with Crippen LogP contribution in [0.4, 0.5) is 10.1 Å². The molecule has 0 spiro atoms. The molecule has 0 aromatic heterocycles. The van der Waals surface area contributed by atoms with Gasteiger partial charge in [-0.25, -0.2) is 4.39 Å². The molecule has 2 nitrogen and oxygen atoms in total. The first-order valence-corrected chi connectivity index (χ1v) is 5.85. The Balaban J connectivity index is 2.27. The molecular weight excluding hydrogens is 205 g/mol. The molecule has 1 saturated carbocycles. The number of aliphatic hydroxyl groups is 1. The number of nitrogens with zero attached hydrogens (tertiary/aromatic N) is 1. The quantitative estimate of drug-likeness (QED) is 0.851. The molecule has 1 fully saturated rings. The molecule has 88 valence electrons. The molecule has 0 heterocycles. The summed E-state index contributed by atoms with van der Waals surface area (Å²) in [4.78, 5) is 2.11. The van der Waals surface area contributed by atoms with Crippen LogP contribution in [0.15, 0.2) is 18.2 Å². The molecule has 2 rings (SSSR count). The second-order valence-corrected chi connectivity index (χ2v) is 4.44. The highest BCUT2D eigenvalue weighted by Crippen LogP contribution is 2.30. The van der Waals surface area contributed by atoms with Gasteiger partial charge in [-0.15, -0.1) is 0 Å². The summed E-state index contributed by atoms with van der Waals surface area (Å²) in [6, 6.07) is 5.48. The Morgan fingerprint density at radius 1 is 1.38 bits per heavy atom. The van der Waals surface area contributed by atoms with Gasteiger partial charge in [0.25, 0.3) is 0 Å². The molecule has 0 atom stereocenters. The lowest BCUT2D eigenvalue weighted by molar-refractivity contribution is 0.276. The summed E-state index contributed by atoms with van der Waals surface area (Å²) in [5.74, 6) is -0.315. The van der Waals surface area contributed by atoms with Gasteiger partial charge in [0.1, 0.15) is 5.82 Å². The van der Waals surface area contributed by atoms with Crippen LogP contribution >= 0.6 is 0 Å². The van der Waals surface area contributed by atoms with Crippen molar-refractivity contribution in [3.05, 3.63) is 29.6 Å². The van der Waals surface area contributed by atoms with Gasteiger partial charge >= 0.3 is 0 Å². The molecule has 0 unspecified atom stereocenters. The number of rotatable bonds is 3. The van der Waals surface area contributed by atoms with Crippen LogP contribution in [0.25, 0.3) is 0 Å². The highest BCUT2D eigenvalue weighted by molar-refractivity contribution is 5.54. The van der Waals surface area contributed by atoms with E-state index in [1.165, 1.54) is 18.9 Å². The van der Waals surface area contributed by atoms with Crippen LogP contribution in [0, 0.1) is 5.82 Å². The fraction of sp³-hybridized carbons (Fsp3) is 0.538. The van der Waals surface area contributed by atoms with Gasteiger partial charge in [0.15, 0.2) is 0 Å².